The molecule has 2 aromatic rings. The van der Waals surface area contributed by atoms with Crippen LogP contribution < -0.4 is 5.32 Å². The lowest BCUT2D eigenvalue weighted by molar-refractivity contribution is 0.356. The Labute approximate surface area is 113 Å². The topological polar surface area (TPSA) is 63.8 Å². The molecule has 19 heavy (non-hydrogen) atoms. The van der Waals surface area contributed by atoms with Gasteiger partial charge in [0.15, 0.2) is 0 Å². The Morgan fingerprint density at radius 2 is 2.16 bits per heavy atom. The molecule has 0 saturated carbocycles. The largest absolute Gasteiger partial charge is 0.339 e. The number of hydrogen-bond donors (Lipinski definition) is 1. The lowest BCUT2D eigenvalue weighted by Gasteiger charge is -2.11. The van der Waals surface area contributed by atoms with E-state index in [1.54, 1.807) is 0 Å². The minimum Gasteiger partial charge on any atom is -0.339 e. The van der Waals surface area contributed by atoms with Crippen molar-refractivity contribution in [3.05, 3.63) is 29.8 Å². The van der Waals surface area contributed by atoms with Gasteiger partial charge in [-0.3, -0.25) is 0 Å². The molecule has 2 aromatic heterocycles. The van der Waals surface area contributed by atoms with Crippen LogP contribution in [0.25, 0.3) is 11.5 Å². The molecular formula is C14H20N4O. The highest BCUT2D eigenvalue weighted by Gasteiger charge is 2.14. The average molecular weight is 260 g/mol. The van der Waals surface area contributed by atoms with Crippen LogP contribution in [0.5, 0.6) is 0 Å². The van der Waals surface area contributed by atoms with Crippen LogP contribution in [0.2, 0.25) is 0 Å². The molecule has 0 bridgehead atoms. The van der Waals surface area contributed by atoms with Crippen molar-refractivity contribution >= 4 is 0 Å². The fourth-order valence-electron chi connectivity index (χ4n) is 2.02. The number of aryl methyl sites for hydroxylation is 1. The molecule has 5 nitrogen and oxygen atoms in total. The molecule has 0 radical (unpaired) electrons. The molecule has 2 rings (SSSR count). The predicted octanol–water partition coefficient (Wildman–Crippen LogP) is 2.37. The van der Waals surface area contributed by atoms with E-state index in [0.29, 0.717) is 17.8 Å². The first-order valence-electron chi connectivity index (χ1n) is 6.66. The van der Waals surface area contributed by atoms with Crippen molar-refractivity contribution in [2.75, 3.05) is 7.05 Å². The lowest BCUT2D eigenvalue weighted by Crippen LogP contribution is -2.27. The normalized spacial score (nSPS) is 12.6. The van der Waals surface area contributed by atoms with Crippen LogP contribution in [0, 0.1) is 6.92 Å². The number of nitrogens with zero attached hydrogens (tertiary/aromatic N) is 3. The zero-order valence-electron chi connectivity index (χ0n) is 11.7. The molecule has 0 aromatic carbocycles. The summed E-state index contributed by atoms with van der Waals surface area (Å²) in [5.74, 6) is 1.22. The first-order chi connectivity index (χ1) is 9.22. The number of nitrogens with one attached hydrogen (secondary N) is 1. The Hall–Kier alpha value is -1.75. The van der Waals surface area contributed by atoms with E-state index in [1.807, 2.05) is 32.2 Å². The monoisotopic (exact) mass is 260 g/mol. The molecule has 0 aliphatic rings. The average Bonchev–Trinajstić information content (AvgIpc) is 2.87. The number of likely N-dealkylation sites (N-methyl/N-ethyl adjacent to an activating group) is 1. The highest BCUT2D eigenvalue weighted by molar-refractivity contribution is 5.47. The fourth-order valence-corrected chi connectivity index (χ4v) is 2.02. The Balaban J connectivity index is 2.10. The third-order valence-corrected chi connectivity index (χ3v) is 3.05. The summed E-state index contributed by atoms with van der Waals surface area (Å²) in [6.07, 6.45) is 2.98. The van der Waals surface area contributed by atoms with Crippen molar-refractivity contribution in [2.45, 2.75) is 39.2 Å². The standard InChI is InChI=1S/C14H20N4O/c1-4-6-11(15-3)9-13-17-14(18-19-13)12-8-5-7-10(2)16-12/h5,7-8,11,15H,4,6,9H2,1-3H3. The van der Waals surface area contributed by atoms with Gasteiger partial charge in [-0.1, -0.05) is 24.6 Å². The van der Waals surface area contributed by atoms with E-state index in [2.05, 4.69) is 27.4 Å². The quantitative estimate of drug-likeness (QED) is 0.863. The third-order valence-electron chi connectivity index (χ3n) is 3.05. The maximum atomic E-state index is 5.30. The Morgan fingerprint density at radius 1 is 1.32 bits per heavy atom. The van der Waals surface area contributed by atoms with Crippen LogP contribution in [0.4, 0.5) is 0 Å². The number of pyridine rings is 1. The molecule has 5 heteroatoms. The Kier molecular flexibility index (Phi) is 4.63. The van der Waals surface area contributed by atoms with Gasteiger partial charge in [0.1, 0.15) is 5.69 Å². The van der Waals surface area contributed by atoms with Crippen molar-refractivity contribution in [2.24, 2.45) is 0 Å². The fraction of sp³-hybridized carbons (Fsp3) is 0.500. The van der Waals surface area contributed by atoms with E-state index < -0.39 is 0 Å². The van der Waals surface area contributed by atoms with E-state index in [4.69, 9.17) is 4.52 Å². The van der Waals surface area contributed by atoms with E-state index in [-0.39, 0.29) is 0 Å². The molecule has 0 spiro atoms. The van der Waals surface area contributed by atoms with Crippen LogP contribution in [0.15, 0.2) is 22.7 Å². The van der Waals surface area contributed by atoms with Crippen LogP contribution in [0.3, 0.4) is 0 Å². The van der Waals surface area contributed by atoms with Crippen LogP contribution in [-0.2, 0) is 6.42 Å². The van der Waals surface area contributed by atoms with E-state index in [1.165, 1.54) is 0 Å². The van der Waals surface area contributed by atoms with Crippen molar-refractivity contribution in [1.29, 1.82) is 0 Å². The molecule has 1 unspecified atom stereocenters. The minimum atomic E-state index is 0.378. The van der Waals surface area contributed by atoms with Gasteiger partial charge < -0.3 is 9.84 Å². The maximum absolute atomic E-state index is 5.30. The van der Waals surface area contributed by atoms with Gasteiger partial charge in [0.05, 0.1) is 0 Å². The Bertz CT molecular complexity index is 524. The van der Waals surface area contributed by atoms with Gasteiger partial charge in [-0.2, -0.15) is 4.98 Å². The summed E-state index contributed by atoms with van der Waals surface area (Å²) < 4.78 is 5.30. The summed E-state index contributed by atoms with van der Waals surface area (Å²) in [5.41, 5.74) is 1.70. The maximum Gasteiger partial charge on any atom is 0.228 e. The second kappa shape index (κ2) is 6.43. The van der Waals surface area contributed by atoms with Crippen molar-refractivity contribution in [3.8, 4) is 11.5 Å². The highest BCUT2D eigenvalue weighted by Crippen LogP contribution is 2.14. The smallest absolute Gasteiger partial charge is 0.228 e. The van der Waals surface area contributed by atoms with Gasteiger partial charge in [0.25, 0.3) is 0 Å². The van der Waals surface area contributed by atoms with Crippen molar-refractivity contribution < 1.29 is 4.52 Å². The summed E-state index contributed by atoms with van der Waals surface area (Å²) in [4.78, 5) is 8.80. The third kappa shape index (κ3) is 3.61. The lowest BCUT2D eigenvalue weighted by atomic mass is 10.1. The first-order valence-corrected chi connectivity index (χ1v) is 6.66. The van der Waals surface area contributed by atoms with E-state index in [0.717, 1.165) is 30.7 Å². The van der Waals surface area contributed by atoms with Gasteiger partial charge in [0.2, 0.25) is 11.7 Å². The summed E-state index contributed by atoms with van der Waals surface area (Å²) in [6.45, 7) is 4.11. The molecule has 0 aliphatic heterocycles. The summed E-state index contributed by atoms with van der Waals surface area (Å²) in [7, 11) is 1.96. The summed E-state index contributed by atoms with van der Waals surface area (Å²) in [6, 6.07) is 6.16. The van der Waals surface area contributed by atoms with Gasteiger partial charge in [-0.15, -0.1) is 0 Å². The first kappa shape index (κ1) is 13.7. The van der Waals surface area contributed by atoms with Crippen LogP contribution in [0.1, 0.15) is 31.4 Å². The zero-order chi connectivity index (χ0) is 13.7. The molecule has 1 atom stereocenters. The predicted molar refractivity (Wildman–Crippen MR) is 73.7 cm³/mol. The van der Waals surface area contributed by atoms with Gasteiger partial charge >= 0.3 is 0 Å². The zero-order valence-corrected chi connectivity index (χ0v) is 11.7. The number of rotatable bonds is 6. The van der Waals surface area contributed by atoms with Crippen LogP contribution in [-0.4, -0.2) is 28.2 Å². The molecule has 0 saturated heterocycles. The minimum absolute atomic E-state index is 0.378. The molecule has 2 heterocycles. The van der Waals surface area contributed by atoms with Gasteiger partial charge in [-0.05, 0) is 32.5 Å². The van der Waals surface area contributed by atoms with Crippen molar-refractivity contribution in [1.82, 2.24) is 20.4 Å². The molecular weight excluding hydrogens is 240 g/mol. The van der Waals surface area contributed by atoms with E-state index in [9.17, 15) is 0 Å². The van der Waals surface area contributed by atoms with Crippen molar-refractivity contribution in [3.63, 3.8) is 0 Å². The molecule has 0 amide bonds. The second-order valence-electron chi connectivity index (χ2n) is 4.65. The van der Waals surface area contributed by atoms with Gasteiger partial charge in [0, 0.05) is 18.2 Å². The molecule has 1 N–H and O–H groups in total. The molecule has 102 valence electrons. The van der Waals surface area contributed by atoms with E-state index >= 15 is 0 Å². The highest BCUT2D eigenvalue weighted by atomic mass is 16.5. The molecule has 0 fully saturated rings. The number of aromatic nitrogens is 3. The van der Waals surface area contributed by atoms with Crippen LogP contribution >= 0.6 is 0 Å². The number of hydrogen-bond acceptors (Lipinski definition) is 5. The molecule has 0 aliphatic carbocycles. The van der Waals surface area contributed by atoms with Gasteiger partial charge in [-0.25, -0.2) is 4.98 Å². The Morgan fingerprint density at radius 3 is 2.84 bits per heavy atom. The summed E-state index contributed by atoms with van der Waals surface area (Å²) in [5, 5.41) is 7.26. The second-order valence-corrected chi connectivity index (χ2v) is 4.65. The summed E-state index contributed by atoms with van der Waals surface area (Å²) >= 11 is 0. The SMILES string of the molecule is CCCC(Cc1nc(-c2cccc(C)n2)no1)NC.